The Labute approximate surface area is 89.5 Å². The number of hydrogen-bond donors (Lipinski definition) is 3. The lowest BCUT2D eigenvalue weighted by Crippen LogP contribution is -2.44. The molecule has 15 heavy (non-hydrogen) atoms. The van der Waals surface area contributed by atoms with E-state index in [9.17, 15) is 9.18 Å². The van der Waals surface area contributed by atoms with Crippen molar-refractivity contribution in [3.63, 3.8) is 0 Å². The maximum absolute atomic E-state index is 13.6. The molecule has 0 bridgehead atoms. The van der Waals surface area contributed by atoms with Crippen molar-refractivity contribution < 1.29 is 13.9 Å². The number of ether oxygens (including phenoxy) is 1. The van der Waals surface area contributed by atoms with Crippen LogP contribution in [0.15, 0.2) is 0 Å². The number of carbonyl (C=O) groups excluding carboxylic acids is 1. The molecule has 0 aromatic carbocycles. The number of alkyl halides is 1. The molecule has 4 N–H and O–H groups in total. The first-order chi connectivity index (χ1) is 6.90. The Morgan fingerprint density at radius 1 is 1.60 bits per heavy atom. The van der Waals surface area contributed by atoms with Gasteiger partial charge in [-0.25, -0.2) is 4.39 Å². The Bertz CT molecular complexity index is 200. The number of hydrogen-bond acceptors (Lipinski definition) is 4. The molecular weight excluding hydrogens is 201 g/mol. The highest BCUT2D eigenvalue weighted by Crippen LogP contribution is 2.17. The van der Waals surface area contributed by atoms with Crippen molar-refractivity contribution in [2.75, 3.05) is 19.7 Å². The lowest BCUT2D eigenvalue weighted by Gasteiger charge is -2.29. The van der Waals surface area contributed by atoms with Crippen LogP contribution < -0.4 is 16.6 Å². The summed E-state index contributed by atoms with van der Waals surface area (Å²) in [5.41, 5.74) is 1.48. The van der Waals surface area contributed by atoms with Gasteiger partial charge in [0.1, 0.15) is 6.17 Å². The number of halogens is 1. The van der Waals surface area contributed by atoms with E-state index < -0.39 is 11.8 Å². The molecule has 1 unspecified atom stereocenters. The van der Waals surface area contributed by atoms with Crippen LogP contribution in [0.1, 0.15) is 20.8 Å². The molecule has 90 valence electrons. The number of carbonyl (C=O) groups is 1. The summed E-state index contributed by atoms with van der Waals surface area (Å²) in [4.78, 5) is 10.6. The van der Waals surface area contributed by atoms with Crippen LogP contribution in [0.25, 0.3) is 0 Å². The van der Waals surface area contributed by atoms with Gasteiger partial charge in [-0.1, -0.05) is 0 Å². The van der Waals surface area contributed by atoms with Crippen molar-refractivity contribution in [1.29, 1.82) is 0 Å². The van der Waals surface area contributed by atoms with E-state index in [1.165, 1.54) is 6.92 Å². The Kier molecular flexibility index (Phi) is 6.38. The monoisotopic (exact) mass is 221 g/mol. The van der Waals surface area contributed by atoms with Crippen molar-refractivity contribution in [2.45, 2.75) is 32.5 Å². The topological polar surface area (TPSA) is 76.4 Å². The van der Waals surface area contributed by atoms with Gasteiger partial charge in [0.2, 0.25) is 5.91 Å². The van der Waals surface area contributed by atoms with Crippen LogP contribution in [0.5, 0.6) is 0 Å². The number of amides is 1. The standard InChI is InChI=1S/C9H20FN3O2/c1-7(14)12-6-8(10)9(2,3)15-5-4-13-11/h8,13H,4-6,11H2,1-3H3,(H,12,14). The van der Waals surface area contributed by atoms with Crippen LogP contribution in [-0.2, 0) is 9.53 Å². The second kappa shape index (κ2) is 6.71. The molecule has 0 rings (SSSR count). The molecule has 0 aliphatic heterocycles. The van der Waals surface area contributed by atoms with Crippen LogP contribution in [0.2, 0.25) is 0 Å². The van der Waals surface area contributed by atoms with E-state index in [0.29, 0.717) is 13.2 Å². The zero-order valence-electron chi connectivity index (χ0n) is 9.47. The molecule has 0 spiro atoms. The summed E-state index contributed by atoms with van der Waals surface area (Å²) in [7, 11) is 0. The Balaban J connectivity index is 3.90. The average molecular weight is 221 g/mol. The first-order valence-electron chi connectivity index (χ1n) is 4.86. The van der Waals surface area contributed by atoms with E-state index in [0.717, 1.165) is 0 Å². The summed E-state index contributed by atoms with van der Waals surface area (Å²) in [5.74, 6) is 4.80. The molecule has 0 aliphatic rings. The molecule has 0 fully saturated rings. The molecule has 0 heterocycles. The average Bonchev–Trinajstić information content (AvgIpc) is 2.14. The van der Waals surface area contributed by atoms with Crippen molar-refractivity contribution in [1.82, 2.24) is 10.7 Å². The third-order valence-corrected chi connectivity index (χ3v) is 2.01. The first kappa shape index (κ1) is 14.3. The summed E-state index contributed by atoms with van der Waals surface area (Å²) in [6, 6.07) is 0. The lowest BCUT2D eigenvalue weighted by molar-refractivity contribution is -0.120. The molecule has 1 atom stereocenters. The Morgan fingerprint density at radius 2 is 2.20 bits per heavy atom. The highest BCUT2D eigenvalue weighted by molar-refractivity contribution is 5.72. The minimum absolute atomic E-state index is 0.0433. The fourth-order valence-corrected chi connectivity index (χ4v) is 0.943. The van der Waals surface area contributed by atoms with Crippen molar-refractivity contribution in [3.05, 3.63) is 0 Å². The summed E-state index contributed by atoms with van der Waals surface area (Å²) in [5, 5.41) is 2.41. The third-order valence-electron chi connectivity index (χ3n) is 2.01. The van der Waals surface area contributed by atoms with E-state index in [1.54, 1.807) is 13.8 Å². The first-order valence-corrected chi connectivity index (χ1v) is 4.86. The van der Waals surface area contributed by atoms with E-state index in [2.05, 4.69) is 10.7 Å². The molecule has 0 radical (unpaired) electrons. The van der Waals surface area contributed by atoms with Gasteiger partial charge in [0, 0.05) is 13.5 Å². The van der Waals surface area contributed by atoms with Gasteiger partial charge >= 0.3 is 0 Å². The normalized spacial score (nSPS) is 13.7. The second-order valence-corrected chi connectivity index (χ2v) is 3.81. The SMILES string of the molecule is CC(=O)NCC(F)C(C)(C)OCCNN. The summed E-state index contributed by atoms with van der Waals surface area (Å²) >= 11 is 0. The summed E-state index contributed by atoms with van der Waals surface area (Å²) in [6.07, 6.45) is -1.25. The Morgan fingerprint density at radius 3 is 2.67 bits per heavy atom. The van der Waals surface area contributed by atoms with Gasteiger partial charge in [-0.05, 0) is 13.8 Å². The zero-order valence-corrected chi connectivity index (χ0v) is 9.47. The van der Waals surface area contributed by atoms with Gasteiger partial charge in [-0.3, -0.25) is 16.1 Å². The molecule has 0 saturated carbocycles. The molecule has 6 heteroatoms. The van der Waals surface area contributed by atoms with Gasteiger partial charge in [0.15, 0.2) is 0 Å². The fourth-order valence-electron chi connectivity index (χ4n) is 0.943. The van der Waals surface area contributed by atoms with Crippen molar-refractivity contribution >= 4 is 5.91 Å². The van der Waals surface area contributed by atoms with Gasteiger partial charge in [0.05, 0.1) is 18.8 Å². The van der Waals surface area contributed by atoms with Gasteiger partial charge in [0.25, 0.3) is 0 Å². The van der Waals surface area contributed by atoms with Crippen molar-refractivity contribution in [3.8, 4) is 0 Å². The molecular formula is C9H20FN3O2. The minimum Gasteiger partial charge on any atom is -0.371 e. The van der Waals surface area contributed by atoms with Crippen LogP contribution >= 0.6 is 0 Å². The fraction of sp³-hybridized carbons (Fsp3) is 0.889. The maximum atomic E-state index is 13.6. The number of rotatable bonds is 7. The second-order valence-electron chi connectivity index (χ2n) is 3.81. The Hall–Kier alpha value is -0.720. The van der Waals surface area contributed by atoms with E-state index in [1.807, 2.05) is 0 Å². The number of nitrogens with two attached hydrogens (primary N) is 1. The largest absolute Gasteiger partial charge is 0.371 e. The van der Waals surface area contributed by atoms with E-state index >= 15 is 0 Å². The zero-order chi connectivity index (χ0) is 11.9. The summed E-state index contributed by atoms with van der Waals surface area (Å²) in [6.45, 7) is 5.35. The summed E-state index contributed by atoms with van der Waals surface area (Å²) < 4.78 is 18.9. The molecule has 5 nitrogen and oxygen atoms in total. The predicted molar refractivity (Wildman–Crippen MR) is 55.8 cm³/mol. The maximum Gasteiger partial charge on any atom is 0.216 e. The van der Waals surface area contributed by atoms with Crippen LogP contribution in [0, 0.1) is 0 Å². The van der Waals surface area contributed by atoms with Gasteiger partial charge < -0.3 is 10.1 Å². The van der Waals surface area contributed by atoms with E-state index in [4.69, 9.17) is 10.6 Å². The number of nitrogens with one attached hydrogen (secondary N) is 2. The highest BCUT2D eigenvalue weighted by atomic mass is 19.1. The minimum atomic E-state index is -1.25. The van der Waals surface area contributed by atoms with Crippen LogP contribution in [0.4, 0.5) is 4.39 Å². The number of hydrazine groups is 1. The van der Waals surface area contributed by atoms with Crippen molar-refractivity contribution in [2.24, 2.45) is 5.84 Å². The molecule has 0 aromatic heterocycles. The molecule has 0 aliphatic carbocycles. The van der Waals surface area contributed by atoms with Crippen LogP contribution in [0.3, 0.4) is 0 Å². The lowest BCUT2D eigenvalue weighted by atomic mass is 10.0. The smallest absolute Gasteiger partial charge is 0.216 e. The highest BCUT2D eigenvalue weighted by Gasteiger charge is 2.30. The third kappa shape index (κ3) is 6.38. The predicted octanol–water partition coefficient (Wildman–Crippen LogP) is -0.281. The molecule has 1 amide bonds. The molecule has 0 aromatic rings. The molecule has 0 saturated heterocycles. The van der Waals surface area contributed by atoms with E-state index in [-0.39, 0.29) is 12.5 Å². The van der Waals surface area contributed by atoms with Gasteiger partial charge in [-0.15, -0.1) is 0 Å². The van der Waals surface area contributed by atoms with Gasteiger partial charge in [-0.2, -0.15) is 0 Å². The quantitative estimate of drug-likeness (QED) is 0.314. The van der Waals surface area contributed by atoms with Crippen LogP contribution in [-0.4, -0.2) is 37.4 Å².